The Kier molecular flexibility index (Phi) is 4.28. The van der Waals surface area contributed by atoms with Gasteiger partial charge < -0.3 is 0 Å². The maximum atomic E-state index is 13.7. The molecule has 0 aliphatic heterocycles. The number of benzene rings is 2. The molecule has 0 aliphatic carbocycles. The van der Waals surface area contributed by atoms with Gasteiger partial charge in [0.15, 0.2) is 6.29 Å². The summed E-state index contributed by atoms with van der Waals surface area (Å²) in [6.07, 6.45) is 0.587. The molecule has 0 spiro atoms. The summed E-state index contributed by atoms with van der Waals surface area (Å²) in [6, 6.07) is 9.96. The zero-order valence-corrected chi connectivity index (χ0v) is 13.8. The van der Waals surface area contributed by atoms with E-state index in [1.165, 1.54) is 35.0 Å². The second-order valence-electron chi connectivity index (χ2n) is 4.66. The molecule has 0 N–H and O–H groups in total. The molecule has 0 saturated carbocycles. The van der Waals surface area contributed by atoms with Gasteiger partial charge in [-0.2, -0.15) is 5.10 Å². The molecule has 3 rings (SSSR count). The molecule has 0 fully saturated rings. The van der Waals surface area contributed by atoms with Crippen LogP contribution in [0.5, 0.6) is 0 Å². The van der Waals surface area contributed by atoms with E-state index in [-0.39, 0.29) is 21.8 Å². The van der Waals surface area contributed by atoms with E-state index in [1.807, 2.05) is 0 Å². The fourth-order valence-electron chi connectivity index (χ4n) is 2.18. The van der Waals surface area contributed by atoms with Gasteiger partial charge in [-0.1, -0.05) is 29.8 Å². The van der Waals surface area contributed by atoms with Gasteiger partial charge in [-0.25, -0.2) is 13.5 Å². The van der Waals surface area contributed by atoms with Crippen molar-refractivity contribution in [1.82, 2.24) is 9.78 Å². The first-order valence-electron chi connectivity index (χ1n) is 6.47. The number of halogens is 4. The van der Waals surface area contributed by atoms with Gasteiger partial charge in [0.2, 0.25) is 0 Å². The van der Waals surface area contributed by atoms with Gasteiger partial charge in [-0.05, 0) is 40.2 Å². The molecule has 0 bridgehead atoms. The molecule has 3 aromatic rings. The second-order valence-corrected chi connectivity index (χ2v) is 5.79. The number of hydrogen-bond acceptors (Lipinski definition) is 2. The Hall–Kier alpha value is -2.05. The van der Waals surface area contributed by atoms with E-state index in [2.05, 4.69) is 21.0 Å². The van der Waals surface area contributed by atoms with Crippen LogP contribution in [0, 0.1) is 11.6 Å². The van der Waals surface area contributed by atoms with Crippen LogP contribution in [-0.4, -0.2) is 16.1 Å². The molecule has 0 saturated heterocycles. The number of rotatable bonds is 3. The molecular weight excluding hydrogens is 390 g/mol. The van der Waals surface area contributed by atoms with Crippen LogP contribution in [0.4, 0.5) is 8.78 Å². The van der Waals surface area contributed by atoms with E-state index in [1.54, 1.807) is 12.1 Å². The molecule has 0 aliphatic rings. The summed E-state index contributed by atoms with van der Waals surface area (Å²) < 4.78 is 28.8. The normalized spacial score (nSPS) is 10.8. The molecule has 3 nitrogen and oxygen atoms in total. The average molecular weight is 398 g/mol. The molecule has 0 amide bonds. The third-order valence-corrected chi connectivity index (χ3v) is 4.39. The Morgan fingerprint density at radius 2 is 1.91 bits per heavy atom. The molecule has 0 unspecified atom stereocenters. The van der Waals surface area contributed by atoms with E-state index in [4.69, 9.17) is 11.6 Å². The fourth-order valence-corrected chi connectivity index (χ4v) is 2.96. The maximum Gasteiger partial charge on any atom is 0.155 e. The second kappa shape index (κ2) is 6.22. The van der Waals surface area contributed by atoms with Crippen LogP contribution in [0.25, 0.3) is 16.9 Å². The van der Waals surface area contributed by atoms with Gasteiger partial charge in [0.1, 0.15) is 21.9 Å². The van der Waals surface area contributed by atoms with Gasteiger partial charge in [0, 0.05) is 5.56 Å². The number of carbonyl (C=O) groups is 1. The molecule has 1 heterocycles. The molecule has 0 radical (unpaired) electrons. The number of hydrogen-bond donors (Lipinski definition) is 0. The van der Waals surface area contributed by atoms with Crippen LogP contribution in [0.3, 0.4) is 0 Å². The van der Waals surface area contributed by atoms with Crippen molar-refractivity contribution in [2.45, 2.75) is 0 Å². The minimum Gasteiger partial charge on any atom is -0.298 e. The number of aromatic nitrogens is 2. The first-order chi connectivity index (χ1) is 11.0. The van der Waals surface area contributed by atoms with Gasteiger partial charge in [-0.15, -0.1) is 0 Å². The van der Waals surface area contributed by atoms with Crippen LogP contribution in [0.15, 0.2) is 47.1 Å². The van der Waals surface area contributed by atoms with Crippen LogP contribution in [-0.2, 0) is 0 Å². The highest BCUT2D eigenvalue weighted by Crippen LogP contribution is 2.35. The van der Waals surface area contributed by atoms with Gasteiger partial charge in [0.05, 0.1) is 16.3 Å². The fraction of sp³-hybridized carbons (Fsp3) is 0. The minimum absolute atomic E-state index is 0.132. The van der Waals surface area contributed by atoms with E-state index >= 15 is 0 Å². The van der Waals surface area contributed by atoms with Crippen molar-refractivity contribution in [3.63, 3.8) is 0 Å². The third kappa shape index (κ3) is 2.80. The summed E-state index contributed by atoms with van der Waals surface area (Å²) in [5, 5.41) is 4.15. The van der Waals surface area contributed by atoms with Crippen LogP contribution in [0.1, 0.15) is 10.4 Å². The number of nitrogens with zero attached hydrogens (tertiary/aromatic N) is 2. The summed E-state index contributed by atoms with van der Waals surface area (Å²) in [4.78, 5) is 11.4. The van der Waals surface area contributed by atoms with Crippen molar-refractivity contribution in [3.8, 4) is 16.9 Å². The zero-order valence-electron chi connectivity index (χ0n) is 11.4. The monoisotopic (exact) mass is 396 g/mol. The van der Waals surface area contributed by atoms with E-state index in [0.717, 1.165) is 0 Å². The molecule has 0 atom stereocenters. The predicted octanol–water partition coefficient (Wildman–Crippen LogP) is 5.05. The Morgan fingerprint density at radius 1 is 1.17 bits per heavy atom. The number of carbonyl (C=O) groups excluding carboxylic acids is 1. The standard InChI is InChI=1S/C16H8BrClF2N2O/c17-16-12(8-23)15(11-5-2-6-13(20)14(11)18)21-22(16)10-4-1-3-9(19)7-10/h1-8H. The van der Waals surface area contributed by atoms with Crippen LogP contribution < -0.4 is 0 Å². The molecule has 1 aromatic heterocycles. The Bertz CT molecular complexity index is 911. The largest absolute Gasteiger partial charge is 0.298 e. The number of aldehydes is 1. The molecular formula is C16H8BrClF2N2O. The van der Waals surface area contributed by atoms with E-state index in [9.17, 15) is 13.6 Å². The lowest BCUT2D eigenvalue weighted by atomic mass is 10.1. The van der Waals surface area contributed by atoms with Crippen molar-refractivity contribution in [2.24, 2.45) is 0 Å². The summed E-state index contributed by atoms with van der Waals surface area (Å²) >= 11 is 9.25. The molecule has 23 heavy (non-hydrogen) atoms. The smallest absolute Gasteiger partial charge is 0.155 e. The molecule has 7 heteroatoms. The predicted molar refractivity (Wildman–Crippen MR) is 87.0 cm³/mol. The molecule has 2 aromatic carbocycles. The first kappa shape index (κ1) is 15.8. The summed E-state index contributed by atoms with van der Waals surface area (Å²) in [7, 11) is 0. The minimum atomic E-state index is -0.613. The van der Waals surface area contributed by atoms with Gasteiger partial charge >= 0.3 is 0 Å². The quantitative estimate of drug-likeness (QED) is 0.580. The van der Waals surface area contributed by atoms with E-state index < -0.39 is 11.6 Å². The first-order valence-corrected chi connectivity index (χ1v) is 7.64. The van der Waals surface area contributed by atoms with Gasteiger partial charge in [-0.3, -0.25) is 4.79 Å². The SMILES string of the molecule is O=Cc1c(-c2cccc(F)c2Cl)nn(-c2cccc(F)c2)c1Br. The topological polar surface area (TPSA) is 34.9 Å². The van der Waals surface area contributed by atoms with Crippen molar-refractivity contribution in [2.75, 3.05) is 0 Å². The third-order valence-electron chi connectivity index (χ3n) is 3.24. The highest BCUT2D eigenvalue weighted by atomic mass is 79.9. The highest BCUT2D eigenvalue weighted by molar-refractivity contribution is 9.10. The summed E-state index contributed by atoms with van der Waals surface area (Å²) in [5.41, 5.74) is 1.10. The lowest BCUT2D eigenvalue weighted by Gasteiger charge is -2.03. The average Bonchev–Trinajstić information content (AvgIpc) is 2.86. The van der Waals surface area contributed by atoms with Crippen molar-refractivity contribution in [3.05, 3.63) is 69.3 Å². The van der Waals surface area contributed by atoms with E-state index in [0.29, 0.717) is 16.6 Å². The Labute approximate surface area is 143 Å². The Balaban J connectivity index is 2.25. The summed E-state index contributed by atoms with van der Waals surface area (Å²) in [6.45, 7) is 0. The Morgan fingerprint density at radius 3 is 2.61 bits per heavy atom. The molecule has 116 valence electrons. The van der Waals surface area contributed by atoms with Gasteiger partial charge in [0.25, 0.3) is 0 Å². The van der Waals surface area contributed by atoms with Crippen molar-refractivity contribution in [1.29, 1.82) is 0 Å². The van der Waals surface area contributed by atoms with Crippen LogP contribution >= 0.6 is 27.5 Å². The lowest BCUT2D eigenvalue weighted by Crippen LogP contribution is -1.97. The maximum absolute atomic E-state index is 13.7. The summed E-state index contributed by atoms with van der Waals surface area (Å²) in [5.74, 6) is -1.06. The zero-order chi connectivity index (χ0) is 16.6. The highest BCUT2D eigenvalue weighted by Gasteiger charge is 2.21. The lowest BCUT2D eigenvalue weighted by molar-refractivity contribution is 0.112. The van der Waals surface area contributed by atoms with Crippen molar-refractivity contribution >= 4 is 33.8 Å². The van der Waals surface area contributed by atoms with Crippen LogP contribution in [0.2, 0.25) is 5.02 Å². The van der Waals surface area contributed by atoms with Crippen molar-refractivity contribution < 1.29 is 13.6 Å².